The Morgan fingerprint density at radius 2 is 2.43 bits per heavy atom. The molecule has 0 aromatic rings. The maximum absolute atomic E-state index is 11.7. The van der Waals surface area contributed by atoms with Crippen LogP contribution in [-0.2, 0) is 29.2 Å². The zero-order chi connectivity index (χ0) is 10.8. The van der Waals surface area contributed by atoms with Crippen molar-refractivity contribution < 1.29 is 29.2 Å². The molecule has 0 unspecified atom stereocenters. The van der Waals surface area contributed by atoms with Crippen LogP contribution in [-0.4, -0.2) is 43.2 Å². The van der Waals surface area contributed by atoms with Crippen LogP contribution in [0.15, 0.2) is 3.50 Å². The summed E-state index contributed by atoms with van der Waals surface area (Å²) in [5.41, 5.74) is -0.450. The van der Waals surface area contributed by atoms with E-state index in [-0.39, 0.29) is 12.0 Å². The zero-order valence-electron chi connectivity index (χ0n) is 8.73. The zero-order valence-corrected chi connectivity index (χ0v) is 11.0. The number of methoxy groups -OCH3 is 1. The molecule has 1 fully saturated rings. The molecule has 0 radical (unpaired) electrons. The molecule has 0 aromatic heterocycles. The van der Waals surface area contributed by atoms with Gasteiger partial charge in [-0.15, -0.1) is 0 Å². The number of likely N-dealkylation sites (N-methyl/N-ethyl adjacent to an activating group) is 1. The standard InChI is InChI=1S/C9H16N2O2.Pt/c1-4-9(8(12)13-3)5-7(10)6-11(9)2;/h7H,4-6H2,1-3H3;/t7-,9-;/m0./s1. The molecule has 4 nitrogen and oxygen atoms in total. The first-order valence-electron chi connectivity index (χ1n) is 4.68. The Kier molecular flexibility index (Phi) is 3.96. The van der Waals surface area contributed by atoms with Crippen molar-refractivity contribution in [2.75, 3.05) is 20.7 Å². The molecule has 5 heteroatoms. The van der Waals surface area contributed by atoms with Gasteiger partial charge in [-0.25, -0.2) is 0 Å². The first-order valence-corrected chi connectivity index (χ1v) is 5.70. The van der Waals surface area contributed by atoms with Gasteiger partial charge in [0.15, 0.2) is 0 Å². The van der Waals surface area contributed by atoms with Crippen LogP contribution >= 0.6 is 0 Å². The summed E-state index contributed by atoms with van der Waals surface area (Å²) < 4.78 is 9.09. The van der Waals surface area contributed by atoms with Crippen LogP contribution in [0.2, 0.25) is 0 Å². The minimum atomic E-state index is -0.450. The molecule has 0 aliphatic carbocycles. The van der Waals surface area contributed by atoms with Gasteiger partial charge in [0.1, 0.15) is 0 Å². The second kappa shape index (κ2) is 4.63. The number of hydrogen-bond acceptors (Lipinski definition) is 4. The van der Waals surface area contributed by atoms with Crippen molar-refractivity contribution in [1.29, 1.82) is 0 Å². The summed E-state index contributed by atoms with van der Waals surface area (Å²) in [7, 11) is 3.41. The van der Waals surface area contributed by atoms with Crippen molar-refractivity contribution in [2.45, 2.75) is 31.3 Å². The molecular formula is C9H16N2O2Pt. The number of nitrogens with zero attached hydrogens (tertiary/aromatic N) is 2. The summed E-state index contributed by atoms with van der Waals surface area (Å²) in [4.78, 5) is 13.8. The molecule has 0 bridgehead atoms. The van der Waals surface area contributed by atoms with Gasteiger partial charge in [0.25, 0.3) is 0 Å². The maximum atomic E-state index is 11.7. The molecule has 84 valence electrons. The molecule has 2 atom stereocenters. The van der Waals surface area contributed by atoms with Gasteiger partial charge in [-0.05, 0) is 0 Å². The third-order valence-corrected chi connectivity index (χ3v) is 3.88. The summed E-state index contributed by atoms with van der Waals surface area (Å²) in [6, 6.07) is 0.251. The number of likely N-dealkylation sites (tertiary alicyclic amines) is 1. The first-order chi connectivity index (χ1) is 6.60. The molecule has 0 spiro atoms. The van der Waals surface area contributed by atoms with Crippen molar-refractivity contribution >= 4 is 5.97 Å². The predicted molar refractivity (Wildman–Crippen MR) is 48.5 cm³/mol. The van der Waals surface area contributed by atoms with E-state index in [4.69, 9.17) is 4.74 Å². The quantitative estimate of drug-likeness (QED) is 0.680. The number of carbonyl (C=O) groups is 1. The molecule has 0 amide bonds. The average molecular weight is 379 g/mol. The van der Waals surface area contributed by atoms with Gasteiger partial charge in [-0.2, -0.15) is 0 Å². The molecule has 0 saturated carbocycles. The van der Waals surface area contributed by atoms with E-state index in [1.165, 1.54) is 7.11 Å². The van der Waals surface area contributed by atoms with Gasteiger partial charge >= 0.3 is 95.6 Å². The number of hydrogen-bond donors (Lipinski definition) is 0. The van der Waals surface area contributed by atoms with Crippen molar-refractivity contribution in [1.82, 2.24) is 4.90 Å². The van der Waals surface area contributed by atoms with Gasteiger partial charge in [-0.1, -0.05) is 0 Å². The van der Waals surface area contributed by atoms with E-state index in [0.29, 0.717) is 0 Å². The summed E-state index contributed by atoms with van der Waals surface area (Å²) >= 11 is 2.00. The van der Waals surface area contributed by atoms with Crippen LogP contribution < -0.4 is 0 Å². The number of ether oxygens (including phenoxy) is 1. The van der Waals surface area contributed by atoms with Crippen molar-refractivity contribution in [2.24, 2.45) is 3.50 Å². The molecular weight excluding hydrogens is 363 g/mol. The molecule has 0 N–H and O–H groups in total. The Hall–Kier alpha value is -0.0817. The van der Waals surface area contributed by atoms with Crippen LogP contribution in [0.25, 0.3) is 0 Å². The molecule has 1 aliphatic heterocycles. The fourth-order valence-corrected chi connectivity index (χ4v) is 2.54. The van der Waals surface area contributed by atoms with E-state index in [0.717, 1.165) is 19.4 Å². The third-order valence-electron chi connectivity index (χ3n) is 3.05. The fourth-order valence-electron chi connectivity index (χ4n) is 2.14. The van der Waals surface area contributed by atoms with Gasteiger partial charge in [-0.3, -0.25) is 0 Å². The van der Waals surface area contributed by atoms with E-state index in [9.17, 15) is 4.79 Å². The van der Waals surface area contributed by atoms with Gasteiger partial charge in [0, 0.05) is 0 Å². The molecule has 1 saturated heterocycles. The summed E-state index contributed by atoms with van der Waals surface area (Å²) in [6.07, 6.45) is 1.55. The van der Waals surface area contributed by atoms with Crippen molar-refractivity contribution in [3.8, 4) is 0 Å². The van der Waals surface area contributed by atoms with E-state index in [2.05, 4.69) is 8.40 Å². The first kappa shape index (κ1) is 12.0. The van der Waals surface area contributed by atoms with Crippen LogP contribution in [0.4, 0.5) is 0 Å². The van der Waals surface area contributed by atoms with Gasteiger partial charge in [0.05, 0.1) is 0 Å². The van der Waals surface area contributed by atoms with E-state index < -0.39 is 5.54 Å². The fraction of sp³-hybridized carbons (Fsp3) is 0.889. The number of rotatable bonds is 3. The average Bonchev–Trinajstić information content (AvgIpc) is 2.55. The number of esters is 1. The van der Waals surface area contributed by atoms with E-state index >= 15 is 0 Å². The minimum absolute atomic E-state index is 0.134. The second-order valence-electron chi connectivity index (χ2n) is 3.70. The van der Waals surface area contributed by atoms with Crippen LogP contribution in [0, 0.1) is 0 Å². The van der Waals surface area contributed by atoms with Crippen LogP contribution in [0.5, 0.6) is 0 Å². The van der Waals surface area contributed by atoms with Gasteiger partial charge < -0.3 is 0 Å². The summed E-state index contributed by atoms with van der Waals surface area (Å²) in [5.74, 6) is -0.134. The van der Waals surface area contributed by atoms with E-state index in [1.54, 1.807) is 0 Å². The van der Waals surface area contributed by atoms with Crippen LogP contribution in [0.3, 0.4) is 0 Å². The summed E-state index contributed by atoms with van der Waals surface area (Å²) in [6.45, 7) is 2.86. The number of carbonyl (C=O) groups excluding carboxylic acids is 1. The molecule has 1 rings (SSSR count). The Labute approximate surface area is 95.7 Å². The summed E-state index contributed by atoms with van der Waals surface area (Å²) in [5, 5.41) is 0. The Balaban J connectivity index is 2.89. The SMILES string of the molecule is CC[C@@]1(C(=O)OC)C[C@H]([N]=[Pt])CN1C. The van der Waals surface area contributed by atoms with Crippen molar-refractivity contribution in [3.63, 3.8) is 0 Å². The second-order valence-corrected chi connectivity index (χ2v) is 4.28. The van der Waals surface area contributed by atoms with Crippen LogP contribution in [0.1, 0.15) is 19.8 Å². The topological polar surface area (TPSA) is 41.9 Å². The molecule has 1 heterocycles. The molecule has 14 heavy (non-hydrogen) atoms. The Bertz CT molecular complexity index is 247. The Morgan fingerprint density at radius 1 is 1.79 bits per heavy atom. The predicted octanol–water partition coefficient (Wildman–Crippen LogP) is 0.743. The third kappa shape index (κ3) is 1.82. The molecule has 0 aromatic carbocycles. The van der Waals surface area contributed by atoms with E-state index in [1.807, 2.05) is 33.6 Å². The Morgan fingerprint density at radius 3 is 2.79 bits per heavy atom. The monoisotopic (exact) mass is 379 g/mol. The van der Waals surface area contributed by atoms with Crippen molar-refractivity contribution in [3.05, 3.63) is 0 Å². The molecule has 1 aliphatic rings. The van der Waals surface area contributed by atoms with Gasteiger partial charge in [0.2, 0.25) is 0 Å². The normalized spacial score (nSPS) is 33.1.